The topological polar surface area (TPSA) is 20.3 Å². The fourth-order valence-corrected chi connectivity index (χ4v) is 2.04. The van der Waals surface area contributed by atoms with E-state index in [-0.39, 0.29) is 5.91 Å². The predicted molar refractivity (Wildman–Crippen MR) is 53.2 cm³/mol. The van der Waals surface area contributed by atoms with E-state index in [2.05, 4.69) is 0 Å². The molecule has 1 aliphatic rings. The summed E-state index contributed by atoms with van der Waals surface area (Å²) < 4.78 is -1.41. The SMILES string of the molecule is CN1C(=O)C(Cl)(Cl)c2ccccc21. The third kappa shape index (κ3) is 1.06. The number of anilines is 1. The molecule has 0 aromatic heterocycles. The molecule has 13 heavy (non-hydrogen) atoms. The molecule has 0 fully saturated rings. The number of carbonyl (C=O) groups is 1. The molecule has 0 saturated heterocycles. The molecule has 2 nitrogen and oxygen atoms in total. The largest absolute Gasteiger partial charge is 0.312 e. The lowest BCUT2D eigenvalue weighted by atomic mass is 10.1. The fraction of sp³-hybridized carbons (Fsp3) is 0.222. The van der Waals surface area contributed by atoms with Crippen molar-refractivity contribution in [3.63, 3.8) is 0 Å². The van der Waals surface area contributed by atoms with Gasteiger partial charge in [0, 0.05) is 12.6 Å². The standard InChI is InChI=1S/C9H7Cl2NO/c1-12-7-5-3-2-4-6(7)9(10,11)8(12)13/h2-5H,1H3. The summed E-state index contributed by atoms with van der Waals surface area (Å²) in [6.07, 6.45) is 0. The number of rotatable bonds is 0. The zero-order valence-corrected chi connectivity index (χ0v) is 8.43. The molecule has 1 heterocycles. The van der Waals surface area contributed by atoms with Crippen molar-refractivity contribution < 1.29 is 4.79 Å². The lowest BCUT2D eigenvalue weighted by Gasteiger charge is -2.11. The highest BCUT2D eigenvalue weighted by Gasteiger charge is 2.46. The Labute approximate surface area is 86.0 Å². The van der Waals surface area contributed by atoms with Gasteiger partial charge in [-0.15, -0.1) is 0 Å². The molecule has 0 saturated carbocycles. The number of alkyl halides is 2. The fourth-order valence-electron chi connectivity index (χ4n) is 1.47. The molecule has 0 radical (unpaired) electrons. The van der Waals surface area contributed by atoms with E-state index in [4.69, 9.17) is 23.2 Å². The van der Waals surface area contributed by atoms with Gasteiger partial charge >= 0.3 is 0 Å². The first-order valence-corrected chi connectivity index (χ1v) is 4.56. The highest BCUT2D eigenvalue weighted by atomic mass is 35.5. The van der Waals surface area contributed by atoms with Crippen LogP contribution in [0, 0.1) is 0 Å². The predicted octanol–water partition coefficient (Wildman–Crippen LogP) is 2.29. The van der Waals surface area contributed by atoms with Crippen LogP contribution in [0.25, 0.3) is 0 Å². The first-order valence-electron chi connectivity index (χ1n) is 3.80. The Morgan fingerprint density at radius 3 is 2.54 bits per heavy atom. The van der Waals surface area contributed by atoms with Crippen molar-refractivity contribution >= 4 is 34.8 Å². The van der Waals surface area contributed by atoms with E-state index in [0.717, 1.165) is 5.69 Å². The first kappa shape index (κ1) is 8.85. The maximum Gasteiger partial charge on any atom is 0.267 e. The lowest BCUT2D eigenvalue weighted by molar-refractivity contribution is -0.118. The van der Waals surface area contributed by atoms with Crippen molar-refractivity contribution in [2.24, 2.45) is 0 Å². The number of benzene rings is 1. The summed E-state index contributed by atoms with van der Waals surface area (Å²) in [7, 11) is 1.66. The Kier molecular flexibility index (Phi) is 1.79. The Hall–Kier alpha value is -0.730. The second kappa shape index (κ2) is 2.63. The molecular weight excluding hydrogens is 209 g/mol. The summed E-state index contributed by atoms with van der Waals surface area (Å²) >= 11 is 11.8. The van der Waals surface area contributed by atoms with Gasteiger partial charge in [-0.2, -0.15) is 0 Å². The summed E-state index contributed by atoms with van der Waals surface area (Å²) in [4.78, 5) is 13.0. The van der Waals surface area contributed by atoms with Crippen molar-refractivity contribution in [3.8, 4) is 0 Å². The van der Waals surface area contributed by atoms with Gasteiger partial charge in [-0.1, -0.05) is 41.4 Å². The van der Waals surface area contributed by atoms with Gasteiger partial charge < -0.3 is 4.90 Å². The molecule has 1 aromatic rings. The molecule has 1 aliphatic heterocycles. The third-order valence-electron chi connectivity index (χ3n) is 2.18. The van der Waals surface area contributed by atoms with E-state index in [1.54, 1.807) is 13.1 Å². The minimum absolute atomic E-state index is 0.294. The van der Waals surface area contributed by atoms with Crippen molar-refractivity contribution in [1.82, 2.24) is 0 Å². The molecule has 0 atom stereocenters. The smallest absolute Gasteiger partial charge is 0.267 e. The van der Waals surface area contributed by atoms with Gasteiger partial charge in [0.1, 0.15) is 0 Å². The van der Waals surface area contributed by atoms with Crippen LogP contribution >= 0.6 is 23.2 Å². The molecule has 2 rings (SSSR count). The first-order chi connectivity index (χ1) is 6.05. The Bertz CT molecular complexity index is 376. The number of hydrogen-bond donors (Lipinski definition) is 0. The molecule has 0 bridgehead atoms. The Morgan fingerprint density at radius 2 is 1.92 bits per heavy atom. The summed E-state index contributed by atoms with van der Waals surface area (Å²) in [5.74, 6) is -0.294. The average Bonchev–Trinajstić information content (AvgIpc) is 2.30. The maximum absolute atomic E-state index is 11.5. The van der Waals surface area contributed by atoms with Gasteiger partial charge in [0.2, 0.25) is 4.33 Å². The summed E-state index contributed by atoms with van der Waals surface area (Å²) in [5.41, 5.74) is 1.43. The molecule has 68 valence electrons. The average molecular weight is 216 g/mol. The summed E-state index contributed by atoms with van der Waals surface area (Å²) in [5, 5.41) is 0. The van der Waals surface area contributed by atoms with E-state index in [1.807, 2.05) is 18.2 Å². The van der Waals surface area contributed by atoms with Crippen LogP contribution < -0.4 is 4.90 Å². The van der Waals surface area contributed by atoms with Crippen LogP contribution in [0.3, 0.4) is 0 Å². The monoisotopic (exact) mass is 215 g/mol. The van der Waals surface area contributed by atoms with Gasteiger partial charge in [0.05, 0.1) is 5.69 Å². The molecule has 0 aliphatic carbocycles. The number of hydrogen-bond acceptors (Lipinski definition) is 1. The molecule has 1 aromatic carbocycles. The Morgan fingerprint density at radius 1 is 1.31 bits per heavy atom. The number of likely N-dealkylation sites (N-methyl/N-ethyl adjacent to an activating group) is 1. The summed E-state index contributed by atoms with van der Waals surface area (Å²) in [6.45, 7) is 0. The van der Waals surface area contributed by atoms with E-state index < -0.39 is 4.33 Å². The van der Waals surface area contributed by atoms with Gasteiger partial charge in [-0.3, -0.25) is 4.79 Å². The number of fused-ring (bicyclic) bond motifs is 1. The van der Waals surface area contributed by atoms with E-state index >= 15 is 0 Å². The van der Waals surface area contributed by atoms with Crippen molar-refractivity contribution in [3.05, 3.63) is 29.8 Å². The highest BCUT2D eigenvalue weighted by Crippen LogP contribution is 2.46. The molecule has 0 unspecified atom stereocenters. The number of carbonyl (C=O) groups excluding carboxylic acids is 1. The molecule has 1 amide bonds. The van der Waals surface area contributed by atoms with Crippen molar-refractivity contribution in [1.29, 1.82) is 0 Å². The molecule has 0 spiro atoms. The van der Waals surface area contributed by atoms with Crippen LogP contribution in [0.2, 0.25) is 0 Å². The number of halogens is 2. The van der Waals surface area contributed by atoms with Crippen LogP contribution in [0.1, 0.15) is 5.56 Å². The van der Waals surface area contributed by atoms with Gasteiger partial charge in [0.15, 0.2) is 0 Å². The van der Waals surface area contributed by atoms with Crippen molar-refractivity contribution in [2.75, 3.05) is 11.9 Å². The Balaban J connectivity index is 2.68. The quantitative estimate of drug-likeness (QED) is 0.609. The zero-order valence-electron chi connectivity index (χ0n) is 6.92. The second-order valence-electron chi connectivity index (χ2n) is 2.96. The summed E-state index contributed by atoms with van der Waals surface area (Å²) in [6, 6.07) is 7.24. The minimum atomic E-state index is -1.41. The van der Waals surface area contributed by atoms with Crippen LogP contribution in [0.4, 0.5) is 5.69 Å². The van der Waals surface area contributed by atoms with Gasteiger partial charge in [-0.05, 0) is 6.07 Å². The third-order valence-corrected chi connectivity index (χ3v) is 2.91. The van der Waals surface area contributed by atoms with Crippen LogP contribution in [-0.4, -0.2) is 13.0 Å². The second-order valence-corrected chi connectivity index (χ2v) is 4.28. The highest BCUT2D eigenvalue weighted by molar-refractivity contribution is 6.60. The number of amides is 1. The molecular formula is C9H7Cl2NO. The van der Waals surface area contributed by atoms with Crippen LogP contribution in [0.15, 0.2) is 24.3 Å². The zero-order chi connectivity index (χ0) is 9.64. The van der Waals surface area contributed by atoms with Gasteiger partial charge in [0.25, 0.3) is 5.91 Å². The van der Waals surface area contributed by atoms with E-state index in [0.29, 0.717) is 5.56 Å². The molecule has 4 heteroatoms. The number of para-hydroxylation sites is 1. The van der Waals surface area contributed by atoms with E-state index in [1.165, 1.54) is 4.90 Å². The molecule has 0 N–H and O–H groups in total. The maximum atomic E-state index is 11.5. The normalized spacial score (nSPS) is 19.0. The van der Waals surface area contributed by atoms with E-state index in [9.17, 15) is 4.79 Å². The van der Waals surface area contributed by atoms with Gasteiger partial charge in [-0.25, -0.2) is 0 Å². The van der Waals surface area contributed by atoms with Crippen molar-refractivity contribution in [2.45, 2.75) is 4.33 Å². The minimum Gasteiger partial charge on any atom is -0.312 e. The van der Waals surface area contributed by atoms with Crippen LogP contribution in [-0.2, 0) is 9.13 Å². The number of nitrogens with zero attached hydrogens (tertiary/aromatic N) is 1. The lowest BCUT2D eigenvalue weighted by Crippen LogP contribution is -2.29. The van der Waals surface area contributed by atoms with Crippen LogP contribution in [0.5, 0.6) is 0 Å².